The zero-order valence-electron chi connectivity index (χ0n) is 9.02. The van der Waals surface area contributed by atoms with Crippen LogP contribution in [-0.2, 0) is 11.3 Å². The summed E-state index contributed by atoms with van der Waals surface area (Å²) < 4.78 is 1.14. The highest BCUT2D eigenvalue weighted by molar-refractivity contribution is 9.11. The Morgan fingerprint density at radius 1 is 1.69 bits per heavy atom. The van der Waals surface area contributed by atoms with Gasteiger partial charge in [0.05, 0.1) is 9.70 Å². The number of carboxylic acid groups (broad SMARTS) is 1. The largest absolute Gasteiger partial charge is 0.481 e. The van der Waals surface area contributed by atoms with E-state index in [1.54, 1.807) is 11.3 Å². The second kappa shape index (κ2) is 4.85. The summed E-state index contributed by atoms with van der Waals surface area (Å²) in [5.74, 6) is -0.388. The van der Waals surface area contributed by atoms with Crippen LogP contribution in [-0.4, -0.2) is 29.6 Å². The topological polar surface area (TPSA) is 40.5 Å². The van der Waals surface area contributed by atoms with E-state index in [1.165, 1.54) is 4.88 Å². The van der Waals surface area contributed by atoms with E-state index in [9.17, 15) is 4.79 Å². The maximum Gasteiger partial charge on any atom is 0.306 e. The molecular weight excluding hydrogens is 290 g/mol. The van der Waals surface area contributed by atoms with Crippen LogP contribution in [0.4, 0.5) is 0 Å². The quantitative estimate of drug-likeness (QED) is 0.909. The van der Waals surface area contributed by atoms with Crippen molar-refractivity contribution in [3.8, 4) is 0 Å². The first-order chi connectivity index (χ1) is 7.56. The van der Waals surface area contributed by atoms with E-state index in [2.05, 4.69) is 26.9 Å². The molecule has 0 aromatic carbocycles. The fraction of sp³-hybridized carbons (Fsp3) is 0.545. The minimum absolute atomic E-state index is 0.0995. The first-order valence-corrected chi connectivity index (χ1v) is 6.83. The predicted molar refractivity (Wildman–Crippen MR) is 67.6 cm³/mol. The SMILES string of the molecule is CN(Cc1ccc(Br)s1)CC1CC1C(=O)O. The van der Waals surface area contributed by atoms with Crippen LogP contribution in [0.25, 0.3) is 0 Å². The highest BCUT2D eigenvalue weighted by atomic mass is 79.9. The number of thiophene rings is 1. The number of hydrogen-bond donors (Lipinski definition) is 1. The van der Waals surface area contributed by atoms with Crippen molar-refractivity contribution in [1.29, 1.82) is 0 Å². The highest BCUT2D eigenvalue weighted by Crippen LogP contribution is 2.39. The number of halogens is 1. The Kier molecular flexibility index (Phi) is 3.66. The molecule has 0 spiro atoms. The standard InChI is InChI=1S/C11H14BrNO2S/c1-13(5-7-4-9(7)11(14)15)6-8-2-3-10(12)16-8/h2-3,7,9H,4-6H2,1H3,(H,14,15). The van der Waals surface area contributed by atoms with Crippen molar-refractivity contribution in [1.82, 2.24) is 4.90 Å². The first kappa shape index (κ1) is 12.1. The number of aliphatic carboxylic acids is 1. The molecule has 1 heterocycles. The van der Waals surface area contributed by atoms with Crippen molar-refractivity contribution in [2.24, 2.45) is 11.8 Å². The van der Waals surface area contributed by atoms with Gasteiger partial charge in [0.1, 0.15) is 0 Å². The summed E-state index contributed by atoms with van der Waals surface area (Å²) in [4.78, 5) is 14.2. The zero-order valence-corrected chi connectivity index (χ0v) is 11.4. The lowest BCUT2D eigenvalue weighted by molar-refractivity contribution is -0.138. The third kappa shape index (κ3) is 3.06. The Bertz CT molecular complexity index is 393. The van der Waals surface area contributed by atoms with E-state index in [-0.39, 0.29) is 5.92 Å². The Morgan fingerprint density at radius 2 is 2.44 bits per heavy atom. The Hall–Kier alpha value is -0.390. The molecule has 3 nitrogen and oxygen atoms in total. The average molecular weight is 304 g/mol. The van der Waals surface area contributed by atoms with Crippen LogP contribution in [0.2, 0.25) is 0 Å². The smallest absolute Gasteiger partial charge is 0.306 e. The lowest BCUT2D eigenvalue weighted by atomic mass is 10.3. The first-order valence-electron chi connectivity index (χ1n) is 5.22. The summed E-state index contributed by atoms with van der Waals surface area (Å²) >= 11 is 5.17. The van der Waals surface area contributed by atoms with Gasteiger partial charge in [0.2, 0.25) is 0 Å². The number of carbonyl (C=O) groups is 1. The van der Waals surface area contributed by atoms with Crippen LogP contribution in [0.3, 0.4) is 0 Å². The molecule has 1 aliphatic rings. The molecule has 0 aliphatic heterocycles. The fourth-order valence-corrected chi connectivity index (χ4v) is 3.48. The van der Waals surface area contributed by atoms with Gasteiger partial charge in [0.15, 0.2) is 0 Å². The zero-order chi connectivity index (χ0) is 11.7. The summed E-state index contributed by atoms with van der Waals surface area (Å²) in [5, 5.41) is 8.81. The Balaban J connectivity index is 1.77. The molecule has 5 heteroatoms. The molecular formula is C11H14BrNO2S. The van der Waals surface area contributed by atoms with E-state index in [0.717, 1.165) is 23.3 Å². The molecule has 0 radical (unpaired) electrons. The van der Waals surface area contributed by atoms with Crippen LogP contribution >= 0.6 is 27.3 Å². The van der Waals surface area contributed by atoms with Crippen LogP contribution in [0.1, 0.15) is 11.3 Å². The van der Waals surface area contributed by atoms with E-state index in [1.807, 2.05) is 13.1 Å². The number of carboxylic acids is 1. The summed E-state index contributed by atoms with van der Waals surface area (Å²) in [7, 11) is 2.05. The molecule has 2 atom stereocenters. The van der Waals surface area contributed by atoms with Crippen molar-refractivity contribution in [2.75, 3.05) is 13.6 Å². The summed E-state index contributed by atoms with van der Waals surface area (Å²) in [6.07, 6.45) is 0.841. The van der Waals surface area contributed by atoms with E-state index in [4.69, 9.17) is 5.11 Å². The van der Waals surface area contributed by atoms with Crippen molar-refractivity contribution in [3.05, 3.63) is 20.8 Å². The van der Waals surface area contributed by atoms with Gasteiger partial charge in [-0.15, -0.1) is 11.3 Å². The van der Waals surface area contributed by atoms with Gasteiger partial charge in [-0.25, -0.2) is 0 Å². The van der Waals surface area contributed by atoms with E-state index < -0.39 is 5.97 Å². The van der Waals surface area contributed by atoms with Gasteiger partial charge in [-0.3, -0.25) is 4.79 Å². The molecule has 1 aliphatic carbocycles. The maximum atomic E-state index is 10.7. The number of hydrogen-bond acceptors (Lipinski definition) is 3. The van der Waals surface area contributed by atoms with Crippen molar-refractivity contribution in [3.63, 3.8) is 0 Å². The molecule has 2 unspecified atom stereocenters. The lowest BCUT2D eigenvalue weighted by Gasteiger charge is -2.14. The summed E-state index contributed by atoms with van der Waals surface area (Å²) in [5.41, 5.74) is 0. The maximum absolute atomic E-state index is 10.7. The minimum atomic E-state index is -0.641. The summed E-state index contributed by atoms with van der Waals surface area (Å²) in [6.45, 7) is 1.78. The molecule has 1 aromatic heterocycles. The second-order valence-corrected chi connectivity index (χ2v) is 6.89. The Labute approximate surface area is 107 Å². The number of rotatable bonds is 5. The molecule has 88 valence electrons. The van der Waals surface area contributed by atoms with Gasteiger partial charge in [-0.05, 0) is 47.4 Å². The predicted octanol–water partition coefficient (Wildman–Crippen LogP) is 2.66. The molecule has 0 amide bonds. The van der Waals surface area contributed by atoms with Gasteiger partial charge in [-0.2, -0.15) is 0 Å². The van der Waals surface area contributed by atoms with Crippen molar-refractivity contribution in [2.45, 2.75) is 13.0 Å². The molecule has 0 saturated heterocycles. The van der Waals surface area contributed by atoms with Gasteiger partial charge < -0.3 is 10.0 Å². The second-order valence-electron chi connectivity index (χ2n) is 4.34. The lowest BCUT2D eigenvalue weighted by Crippen LogP contribution is -2.21. The van der Waals surface area contributed by atoms with Crippen molar-refractivity contribution >= 4 is 33.2 Å². The number of nitrogens with zero attached hydrogens (tertiary/aromatic N) is 1. The fourth-order valence-electron chi connectivity index (χ4n) is 1.92. The molecule has 1 saturated carbocycles. The monoisotopic (exact) mass is 303 g/mol. The third-order valence-corrected chi connectivity index (χ3v) is 4.45. The van der Waals surface area contributed by atoms with Gasteiger partial charge in [-0.1, -0.05) is 0 Å². The molecule has 1 N–H and O–H groups in total. The molecule has 16 heavy (non-hydrogen) atoms. The highest BCUT2D eigenvalue weighted by Gasteiger charge is 2.43. The molecule has 2 rings (SSSR count). The van der Waals surface area contributed by atoms with Crippen molar-refractivity contribution < 1.29 is 9.90 Å². The van der Waals surface area contributed by atoms with Crippen LogP contribution in [0, 0.1) is 11.8 Å². The average Bonchev–Trinajstić information content (AvgIpc) is 2.83. The molecule has 1 aromatic rings. The molecule has 1 fully saturated rings. The van der Waals surface area contributed by atoms with Gasteiger partial charge in [0.25, 0.3) is 0 Å². The molecule has 0 bridgehead atoms. The Morgan fingerprint density at radius 3 is 2.94 bits per heavy atom. The van der Waals surface area contributed by atoms with E-state index >= 15 is 0 Å². The summed E-state index contributed by atoms with van der Waals surface area (Å²) in [6, 6.07) is 4.15. The van der Waals surface area contributed by atoms with Gasteiger partial charge in [0, 0.05) is 18.0 Å². The van der Waals surface area contributed by atoms with E-state index in [0.29, 0.717) is 5.92 Å². The van der Waals surface area contributed by atoms with Gasteiger partial charge >= 0.3 is 5.97 Å². The van der Waals surface area contributed by atoms with Crippen LogP contribution in [0.15, 0.2) is 15.9 Å². The normalized spacial score (nSPS) is 23.7. The van der Waals surface area contributed by atoms with Crippen LogP contribution in [0.5, 0.6) is 0 Å². The van der Waals surface area contributed by atoms with Crippen LogP contribution < -0.4 is 0 Å². The minimum Gasteiger partial charge on any atom is -0.481 e. The third-order valence-electron chi connectivity index (χ3n) is 2.84.